The molecule has 0 N–H and O–H groups in total. The highest BCUT2D eigenvalue weighted by molar-refractivity contribution is 6.74. The third kappa shape index (κ3) is 6.64. The van der Waals surface area contributed by atoms with Crippen molar-refractivity contribution in [2.24, 2.45) is 5.92 Å². The molecule has 0 radical (unpaired) electrons. The molecule has 0 aliphatic carbocycles. The van der Waals surface area contributed by atoms with E-state index in [4.69, 9.17) is 13.9 Å². The number of esters is 1. The fourth-order valence-corrected chi connectivity index (χ4v) is 4.12. The summed E-state index contributed by atoms with van der Waals surface area (Å²) in [5.41, 5.74) is 0.861. The van der Waals surface area contributed by atoms with E-state index in [0.29, 0.717) is 0 Å². The van der Waals surface area contributed by atoms with E-state index < -0.39 is 32.3 Å². The Morgan fingerprint density at radius 2 is 1.77 bits per heavy atom. The van der Waals surface area contributed by atoms with Crippen molar-refractivity contribution in [2.45, 2.75) is 64.9 Å². The Morgan fingerprint density at radius 3 is 2.35 bits per heavy atom. The molecule has 0 bridgehead atoms. The summed E-state index contributed by atoms with van der Waals surface area (Å²) in [6.45, 7) is 12.8. The van der Waals surface area contributed by atoms with Crippen LogP contribution in [-0.4, -0.2) is 56.9 Å². The van der Waals surface area contributed by atoms with Gasteiger partial charge < -0.3 is 18.8 Å². The highest BCUT2D eigenvalue weighted by Crippen LogP contribution is 2.37. The standard InChI is InChI=1S/C23H35NO6Si/c1-7-28-21(26)19-14-24(22(27)29-15-17-11-9-8-10-12-17)18(13-20(19)25)16-30-31(5,6)23(2,3)4/h8-12,18-19H,7,13-16H2,1-6H3. The predicted molar refractivity (Wildman–Crippen MR) is 120 cm³/mol. The number of hydrogen-bond acceptors (Lipinski definition) is 6. The molecule has 2 unspecified atom stereocenters. The minimum Gasteiger partial charge on any atom is -0.465 e. The topological polar surface area (TPSA) is 82.1 Å². The molecular weight excluding hydrogens is 414 g/mol. The molecule has 1 aliphatic rings. The molecule has 1 heterocycles. The first-order chi connectivity index (χ1) is 14.5. The van der Waals surface area contributed by atoms with Gasteiger partial charge in [-0.25, -0.2) is 4.79 Å². The Balaban J connectivity index is 2.15. The summed E-state index contributed by atoms with van der Waals surface area (Å²) in [6.07, 6.45) is -0.520. The molecule has 0 spiro atoms. The van der Waals surface area contributed by atoms with Gasteiger partial charge in [-0.1, -0.05) is 51.1 Å². The van der Waals surface area contributed by atoms with Crippen molar-refractivity contribution in [2.75, 3.05) is 19.8 Å². The molecule has 8 heteroatoms. The van der Waals surface area contributed by atoms with Gasteiger partial charge in [-0.2, -0.15) is 0 Å². The number of Topliss-reactive ketones (excluding diaryl/α,β-unsaturated/α-hetero) is 1. The lowest BCUT2D eigenvalue weighted by Crippen LogP contribution is -2.56. The van der Waals surface area contributed by atoms with Crippen molar-refractivity contribution in [3.63, 3.8) is 0 Å². The molecule has 0 aromatic heterocycles. The lowest BCUT2D eigenvalue weighted by Gasteiger charge is -2.41. The van der Waals surface area contributed by atoms with E-state index in [1.165, 1.54) is 4.90 Å². The van der Waals surface area contributed by atoms with E-state index in [9.17, 15) is 14.4 Å². The number of benzene rings is 1. The average molecular weight is 450 g/mol. The SMILES string of the molecule is CCOC(=O)C1CN(C(=O)OCc2ccccc2)C(CO[Si](C)(C)C(C)(C)C)CC1=O. The molecule has 1 aliphatic heterocycles. The molecular formula is C23H35NO6Si. The highest BCUT2D eigenvalue weighted by Gasteiger charge is 2.44. The summed E-state index contributed by atoms with van der Waals surface area (Å²) >= 11 is 0. The van der Waals surface area contributed by atoms with E-state index in [-0.39, 0.29) is 43.6 Å². The molecule has 172 valence electrons. The summed E-state index contributed by atoms with van der Waals surface area (Å²) in [6, 6.07) is 8.89. The van der Waals surface area contributed by atoms with Gasteiger partial charge in [0.1, 0.15) is 12.5 Å². The number of nitrogens with zero attached hydrogens (tertiary/aromatic N) is 1. The van der Waals surface area contributed by atoms with Crippen molar-refractivity contribution in [1.29, 1.82) is 0 Å². The van der Waals surface area contributed by atoms with Gasteiger partial charge in [0.15, 0.2) is 14.1 Å². The number of hydrogen-bond donors (Lipinski definition) is 0. The van der Waals surface area contributed by atoms with Gasteiger partial charge in [-0.3, -0.25) is 9.59 Å². The zero-order valence-electron chi connectivity index (χ0n) is 19.5. The van der Waals surface area contributed by atoms with Crippen LogP contribution in [0.1, 0.15) is 39.7 Å². The van der Waals surface area contributed by atoms with Gasteiger partial charge in [-0.05, 0) is 30.6 Å². The summed E-state index contributed by atoms with van der Waals surface area (Å²) < 4.78 is 16.8. The molecule has 1 aromatic carbocycles. The van der Waals surface area contributed by atoms with Crippen LogP contribution in [0.5, 0.6) is 0 Å². The van der Waals surface area contributed by atoms with E-state index >= 15 is 0 Å². The molecule has 1 saturated heterocycles. The zero-order valence-corrected chi connectivity index (χ0v) is 20.5. The Labute approximate surface area is 186 Å². The van der Waals surface area contributed by atoms with E-state index in [1.807, 2.05) is 30.3 Å². The fraction of sp³-hybridized carbons (Fsp3) is 0.609. The monoisotopic (exact) mass is 449 g/mol. The maximum Gasteiger partial charge on any atom is 0.410 e. The van der Waals surface area contributed by atoms with Crippen LogP contribution in [0.25, 0.3) is 0 Å². The summed E-state index contributed by atoms with van der Waals surface area (Å²) in [7, 11) is -2.08. The van der Waals surface area contributed by atoms with E-state index in [1.54, 1.807) is 6.92 Å². The maximum absolute atomic E-state index is 12.9. The molecule has 7 nitrogen and oxygen atoms in total. The fourth-order valence-electron chi connectivity index (χ4n) is 3.08. The van der Waals surface area contributed by atoms with Crippen LogP contribution in [0, 0.1) is 5.92 Å². The number of carbonyl (C=O) groups excluding carboxylic acids is 3. The van der Waals surface area contributed by atoms with Crippen molar-refractivity contribution in [3.05, 3.63) is 35.9 Å². The van der Waals surface area contributed by atoms with Gasteiger partial charge in [-0.15, -0.1) is 0 Å². The van der Waals surface area contributed by atoms with Crippen LogP contribution in [0.3, 0.4) is 0 Å². The molecule has 1 fully saturated rings. The second-order valence-corrected chi connectivity index (χ2v) is 14.2. The highest BCUT2D eigenvalue weighted by atomic mass is 28.4. The second kappa shape index (κ2) is 10.4. The Morgan fingerprint density at radius 1 is 1.13 bits per heavy atom. The van der Waals surface area contributed by atoms with Crippen molar-refractivity contribution in [3.8, 4) is 0 Å². The molecule has 1 aromatic rings. The quantitative estimate of drug-likeness (QED) is 0.353. The number of ketones is 1. The number of rotatable bonds is 7. The van der Waals surface area contributed by atoms with Gasteiger partial charge in [0.2, 0.25) is 0 Å². The number of amides is 1. The van der Waals surface area contributed by atoms with Crippen LogP contribution in [-0.2, 0) is 30.1 Å². The minimum atomic E-state index is -2.08. The third-order valence-electron chi connectivity index (χ3n) is 6.10. The lowest BCUT2D eigenvalue weighted by atomic mass is 9.92. The largest absolute Gasteiger partial charge is 0.465 e. The van der Waals surface area contributed by atoms with Crippen molar-refractivity contribution < 1.29 is 28.3 Å². The lowest BCUT2D eigenvalue weighted by molar-refractivity contribution is -0.154. The van der Waals surface area contributed by atoms with Crippen LogP contribution in [0.2, 0.25) is 18.1 Å². The molecule has 0 saturated carbocycles. The van der Waals surface area contributed by atoms with Gasteiger partial charge in [0.05, 0.1) is 19.3 Å². The maximum atomic E-state index is 12.9. The summed E-state index contributed by atoms with van der Waals surface area (Å²) in [5.74, 6) is -1.82. The van der Waals surface area contributed by atoms with Crippen LogP contribution in [0.4, 0.5) is 4.79 Å². The normalized spacial score (nSPS) is 19.8. The second-order valence-electron chi connectivity index (χ2n) is 9.39. The number of ether oxygens (including phenoxy) is 2. The smallest absolute Gasteiger partial charge is 0.410 e. The van der Waals surface area contributed by atoms with E-state index in [0.717, 1.165) is 5.56 Å². The predicted octanol–water partition coefficient (Wildman–Crippen LogP) is 4.17. The first-order valence-corrected chi connectivity index (χ1v) is 13.7. The van der Waals surface area contributed by atoms with Crippen LogP contribution < -0.4 is 0 Å². The average Bonchev–Trinajstić information content (AvgIpc) is 2.70. The number of piperidine rings is 1. The molecule has 2 rings (SSSR count). The Kier molecular flexibility index (Phi) is 8.42. The van der Waals surface area contributed by atoms with Crippen LogP contribution >= 0.6 is 0 Å². The van der Waals surface area contributed by atoms with Gasteiger partial charge >= 0.3 is 12.1 Å². The first-order valence-electron chi connectivity index (χ1n) is 10.8. The molecule has 31 heavy (non-hydrogen) atoms. The van der Waals surface area contributed by atoms with Gasteiger partial charge in [0.25, 0.3) is 0 Å². The summed E-state index contributed by atoms with van der Waals surface area (Å²) in [5, 5.41) is -0.00219. The third-order valence-corrected chi connectivity index (χ3v) is 10.6. The summed E-state index contributed by atoms with van der Waals surface area (Å²) in [4.78, 5) is 39.3. The zero-order chi connectivity index (χ0) is 23.2. The Hall–Kier alpha value is -2.19. The number of likely N-dealkylation sites (tertiary alicyclic amines) is 1. The minimum absolute atomic E-state index is 0.00219. The van der Waals surface area contributed by atoms with Crippen LogP contribution in [0.15, 0.2) is 30.3 Å². The van der Waals surface area contributed by atoms with E-state index in [2.05, 4.69) is 33.9 Å². The van der Waals surface area contributed by atoms with Crippen molar-refractivity contribution in [1.82, 2.24) is 4.90 Å². The number of carbonyl (C=O) groups is 3. The van der Waals surface area contributed by atoms with Crippen molar-refractivity contribution >= 4 is 26.2 Å². The Bertz CT molecular complexity index is 774. The molecule has 1 amide bonds. The molecule has 2 atom stereocenters. The first kappa shape index (κ1) is 25.1. The van der Waals surface area contributed by atoms with Gasteiger partial charge in [0, 0.05) is 13.0 Å².